The van der Waals surface area contributed by atoms with Gasteiger partial charge in [-0.3, -0.25) is 4.79 Å². The first-order chi connectivity index (χ1) is 9.70. The Morgan fingerprint density at radius 2 is 2.20 bits per heavy atom. The highest BCUT2D eigenvalue weighted by Crippen LogP contribution is 2.39. The van der Waals surface area contributed by atoms with Crippen LogP contribution in [0.4, 0.5) is 0 Å². The Morgan fingerprint density at radius 1 is 1.35 bits per heavy atom. The molecule has 0 aliphatic carbocycles. The summed E-state index contributed by atoms with van der Waals surface area (Å²) in [6.07, 6.45) is 1.78. The summed E-state index contributed by atoms with van der Waals surface area (Å²) >= 11 is 1.57. The van der Waals surface area contributed by atoms with Crippen LogP contribution in [0.15, 0.2) is 35.4 Å². The lowest BCUT2D eigenvalue weighted by Gasteiger charge is -2.09. The Balaban J connectivity index is 2.00. The molecule has 1 aromatic carbocycles. The van der Waals surface area contributed by atoms with E-state index in [2.05, 4.69) is 0 Å². The molecule has 1 aliphatic heterocycles. The summed E-state index contributed by atoms with van der Waals surface area (Å²) in [5, 5.41) is 1.97. The van der Waals surface area contributed by atoms with E-state index in [0.29, 0.717) is 23.7 Å². The zero-order valence-corrected chi connectivity index (χ0v) is 12.1. The molecular weight excluding hydrogens is 272 g/mol. The maximum absolute atomic E-state index is 12.3. The van der Waals surface area contributed by atoms with Gasteiger partial charge in [-0.05, 0) is 37.4 Å². The van der Waals surface area contributed by atoms with Gasteiger partial charge in [-0.2, -0.15) is 0 Å². The van der Waals surface area contributed by atoms with E-state index in [0.717, 1.165) is 16.2 Å². The minimum absolute atomic E-state index is 0.0699. The molecule has 2 heterocycles. The van der Waals surface area contributed by atoms with Gasteiger partial charge in [0.05, 0.1) is 12.2 Å². The largest absolute Gasteiger partial charge is 0.493 e. The van der Waals surface area contributed by atoms with Gasteiger partial charge >= 0.3 is 0 Å². The zero-order valence-electron chi connectivity index (χ0n) is 11.3. The Hall–Kier alpha value is -2.07. The first kappa shape index (κ1) is 12.9. The number of carbonyl (C=O) groups is 1. The quantitative estimate of drug-likeness (QED) is 0.798. The smallest absolute Gasteiger partial charge is 0.232 e. The Kier molecular flexibility index (Phi) is 3.32. The van der Waals surface area contributed by atoms with Crippen molar-refractivity contribution in [1.82, 2.24) is 0 Å². The van der Waals surface area contributed by atoms with Gasteiger partial charge in [0.15, 0.2) is 5.76 Å². The van der Waals surface area contributed by atoms with Gasteiger partial charge in [0.2, 0.25) is 5.78 Å². The number of Topliss-reactive ketones (excluding diaryl/α,β-unsaturated/α-hetero) is 1. The highest BCUT2D eigenvalue weighted by molar-refractivity contribution is 7.10. The molecule has 1 aliphatic rings. The van der Waals surface area contributed by atoms with E-state index in [-0.39, 0.29) is 5.78 Å². The fourth-order valence-electron chi connectivity index (χ4n) is 2.18. The number of carbonyl (C=O) groups excluding carboxylic acids is 1. The molecule has 0 spiro atoms. The van der Waals surface area contributed by atoms with Crippen molar-refractivity contribution < 1.29 is 14.3 Å². The van der Waals surface area contributed by atoms with Crippen LogP contribution in [0.2, 0.25) is 0 Å². The van der Waals surface area contributed by atoms with Crippen molar-refractivity contribution in [2.45, 2.75) is 13.8 Å². The second-order valence-corrected chi connectivity index (χ2v) is 5.43. The van der Waals surface area contributed by atoms with Crippen molar-refractivity contribution in [3.63, 3.8) is 0 Å². The normalized spacial score (nSPS) is 15.3. The molecule has 0 amide bonds. The van der Waals surface area contributed by atoms with Gasteiger partial charge in [0.1, 0.15) is 11.5 Å². The molecule has 3 nitrogen and oxygen atoms in total. The van der Waals surface area contributed by atoms with E-state index in [9.17, 15) is 4.79 Å². The van der Waals surface area contributed by atoms with E-state index >= 15 is 0 Å². The molecule has 0 radical (unpaired) electrons. The van der Waals surface area contributed by atoms with Crippen LogP contribution in [-0.4, -0.2) is 12.4 Å². The number of thiophene rings is 1. The summed E-state index contributed by atoms with van der Waals surface area (Å²) in [7, 11) is 0. The van der Waals surface area contributed by atoms with Crippen LogP contribution in [-0.2, 0) is 0 Å². The number of hydrogen-bond acceptors (Lipinski definition) is 4. The Bertz CT molecular complexity index is 684. The van der Waals surface area contributed by atoms with Crippen molar-refractivity contribution in [1.29, 1.82) is 0 Å². The Morgan fingerprint density at radius 3 is 2.90 bits per heavy atom. The fourth-order valence-corrected chi connectivity index (χ4v) is 2.83. The van der Waals surface area contributed by atoms with Gasteiger partial charge in [0, 0.05) is 16.5 Å². The third-order valence-corrected chi connectivity index (χ3v) is 3.97. The third-order valence-electron chi connectivity index (χ3n) is 3.15. The average molecular weight is 286 g/mol. The second kappa shape index (κ2) is 5.13. The highest BCUT2D eigenvalue weighted by atomic mass is 32.1. The van der Waals surface area contributed by atoms with Crippen LogP contribution in [0.3, 0.4) is 0 Å². The predicted octanol–water partition coefficient (Wildman–Crippen LogP) is 4.07. The van der Waals surface area contributed by atoms with Crippen LogP contribution in [0.1, 0.15) is 27.7 Å². The summed E-state index contributed by atoms with van der Waals surface area (Å²) < 4.78 is 11.3. The van der Waals surface area contributed by atoms with Crippen molar-refractivity contribution in [2.24, 2.45) is 0 Å². The third kappa shape index (κ3) is 2.12. The van der Waals surface area contributed by atoms with Crippen molar-refractivity contribution >= 4 is 23.2 Å². The van der Waals surface area contributed by atoms with Crippen LogP contribution in [0.5, 0.6) is 11.5 Å². The Labute approximate surface area is 121 Å². The molecule has 4 heteroatoms. The molecule has 0 N–H and O–H groups in total. The summed E-state index contributed by atoms with van der Waals surface area (Å²) in [5.41, 5.74) is 1.47. The molecule has 2 aromatic rings. The van der Waals surface area contributed by atoms with E-state index in [1.165, 1.54) is 0 Å². The topological polar surface area (TPSA) is 35.5 Å². The molecule has 0 unspecified atom stereocenters. The van der Waals surface area contributed by atoms with Gasteiger partial charge in [-0.15, -0.1) is 11.3 Å². The van der Waals surface area contributed by atoms with Gasteiger partial charge in [-0.25, -0.2) is 0 Å². The number of allylic oxidation sites excluding steroid dienone is 1. The first-order valence-corrected chi connectivity index (χ1v) is 7.33. The molecule has 0 saturated heterocycles. The summed E-state index contributed by atoms with van der Waals surface area (Å²) in [5.74, 6) is 1.68. The van der Waals surface area contributed by atoms with Gasteiger partial charge < -0.3 is 9.47 Å². The summed E-state index contributed by atoms with van der Waals surface area (Å²) in [6, 6.07) is 7.50. The lowest BCUT2D eigenvalue weighted by Crippen LogP contribution is -1.97. The number of benzene rings is 1. The van der Waals surface area contributed by atoms with Gasteiger partial charge in [-0.1, -0.05) is 6.07 Å². The summed E-state index contributed by atoms with van der Waals surface area (Å²) in [6.45, 7) is 4.43. The number of ether oxygens (including phenoxy) is 2. The van der Waals surface area contributed by atoms with Gasteiger partial charge in [0.25, 0.3) is 0 Å². The van der Waals surface area contributed by atoms with E-state index < -0.39 is 0 Å². The molecule has 0 atom stereocenters. The van der Waals surface area contributed by atoms with Crippen LogP contribution in [0.25, 0.3) is 6.08 Å². The predicted molar refractivity (Wildman–Crippen MR) is 79.6 cm³/mol. The first-order valence-electron chi connectivity index (χ1n) is 6.45. The molecule has 0 fully saturated rings. The van der Waals surface area contributed by atoms with Crippen LogP contribution < -0.4 is 9.47 Å². The van der Waals surface area contributed by atoms with Crippen LogP contribution >= 0.6 is 11.3 Å². The average Bonchev–Trinajstić information content (AvgIpc) is 3.04. The molecule has 0 bridgehead atoms. The molecule has 1 aromatic heterocycles. The monoisotopic (exact) mass is 286 g/mol. The van der Waals surface area contributed by atoms with E-state index in [1.807, 2.05) is 37.4 Å². The minimum atomic E-state index is -0.0699. The lowest BCUT2D eigenvalue weighted by atomic mass is 10.1. The summed E-state index contributed by atoms with van der Waals surface area (Å²) in [4.78, 5) is 13.3. The standard InChI is InChI=1S/C16H14O3S/c1-3-18-13-7-6-12-15(17)14(19-16(12)10(13)2)9-11-5-4-8-20-11/h4-9H,3H2,1-2H3/b14-9-. The number of ketones is 1. The molecule has 3 rings (SSSR count). The molecule has 102 valence electrons. The molecular formula is C16H14O3S. The lowest BCUT2D eigenvalue weighted by molar-refractivity contribution is 0.101. The molecule has 20 heavy (non-hydrogen) atoms. The molecule has 0 saturated carbocycles. The number of rotatable bonds is 3. The second-order valence-electron chi connectivity index (χ2n) is 4.45. The van der Waals surface area contributed by atoms with Crippen molar-refractivity contribution in [2.75, 3.05) is 6.61 Å². The zero-order chi connectivity index (χ0) is 14.1. The van der Waals surface area contributed by atoms with Crippen LogP contribution in [0, 0.1) is 6.92 Å². The van der Waals surface area contributed by atoms with E-state index in [1.54, 1.807) is 23.5 Å². The number of fused-ring (bicyclic) bond motifs is 1. The minimum Gasteiger partial charge on any atom is -0.493 e. The number of hydrogen-bond donors (Lipinski definition) is 0. The van der Waals surface area contributed by atoms with E-state index in [4.69, 9.17) is 9.47 Å². The van der Waals surface area contributed by atoms with Crippen molar-refractivity contribution in [3.05, 3.63) is 51.4 Å². The SMILES string of the molecule is CCOc1ccc2c(c1C)O/C(=C\c1cccs1)C2=O. The maximum Gasteiger partial charge on any atom is 0.232 e. The maximum atomic E-state index is 12.3. The van der Waals surface area contributed by atoms with Crippen molar-refractivity contribution in [3.8, 4) is 11.5 Å². The highest BCUT2D eigenvalue weighted by Gasteiger charge is 2.30. The fraction of sp³-hybridized carbons (Fsp3) is 0.188.